The standard InChI is InChI=1S/C26H21N5O2S/c27-26-25(34(32,33)31-16-18-4-2-1-3-5-18)15-21(17-30-26)20-6-7-24-23(14-20)22(10-13-29-24)19-8-11-28-12-9-19/h1-15,17,31H,16H2,(H2,27,30). The lowest BCUT2D eigenvalue weighted by atomic mass is 9.98. The number of nitrogens with one attached hydrogen (secondary N) is 1. The highest BCUT2D eigenvalue weighted by Crippen LogP contribution is 2.32. The van der Waals surface area contributed by atoms with E-state index in [0.717, 1.165) is 33.2 Å². The minimum absolute atomic E-state index is 0.0516. The fourth-order valence-corrected chi connectivity index (χ4v) is 4.91. The quantitative estimate of drug-likeness (QED) is 0.382. The van der Waals surface area contributed by atoms with Gasteiger partial charge in [0.15, 0.2) is 0 Å². The minimum atomic E-state index is -3.87. The molecule has 0 aliphatic carbocycles. The van der Waals surface area contributed by atoms with Gasteiger partial charge in [-0.3, -0.25) is 9.97 Å². The van der Waals surface area contributed by atoms with E-state index in [1.165, 1.54) is 0 Å². The van der Waals surface area contributed by atoms with Gasteiger partial charge in [-0.15, -0.1) is 0 Å². The molecule has 7 nitrogen and oxygen atoms in total. The summed E-state index contributed by atoms with van der Waals surface area (Å²) in [4.78, 5) is 12.7. The molecular formula is C26H21N5O2S. The molecular weight excluding hydrogens is 446 g/mol. The van der Waals surface area contributed by atoms with Gasteiger partial charge in [0.25, 0.3) is 0 Å². The van der Waals surface area contributed by atoms with Crippen molar-refractivity contribution in [1.29, 1.82) is 0 Å². The zero-order valence-electron chi connectivity index (χ0n) is 18.1. The smallest absolute Gasteiger partial charge is 0.244 e. The Morgan fingerprint density at radius 3 is 2.38 bits per heavy atom. The molecule has 3 heterocycles. The Balaban J connectivity index is 1.53. The second-order valence-corrected chi connectivity index (χ2v) is 9.48. The van der Waals surface area contributed by atoms with Crippen LogP contribution in [0.25, 0.3) is 33.2 Å². The van der Waals surface area contributed by atoms with Crippen LogP contribution in [0, 0.1) is 0 Å². The van der Waals surface area contributed by atoms with Gasteiger partial charge in [-0.1, -0.05) is 36.4 Å². The van der Waals surface area contributed by atoms with Gasteiger partial charge in [0.05, 0.1) is 5.52 Å². The molecule has 5 aromatic rings. The molecule has 0 radical (unpaired) electrons. The molecule has 34 heavy (non-hydrogen) atoms. The number of hydrogen-bond donors (Lipinski definition) is 2. The van der Waals surface area contributed by atoms with Crippen LogP contribution in [0.15, 0.2) is 102 Å². The third-order valence-electron chi connectivity index (χ3n) is 5.55. The topological polar surface area (TPSA) is 111 Å². The van der Waals surface area contributed by atoms with Crippen molar-refractivity contribution in [1.82, 2.24) is 19.7 Å². The number of nitrogens with two attached hydrogens (primary N) is 1. The number of fused-ring (bicyclic) bond motifs is 1. The summed E-state index contributed by atoms with van der Waals surface area (Å²) in [5, 5.41) is 0.939. The predicted molar refractivity (Wildman–Crippen MR) is 133 cm³/mol. The highest BCUT2D eigenvalue weighted by molar-refractivity contribution is 7.89. The molecule has 3 N–H and O–H groups in total. The van der Waals surface area contributed by atoms with Crippen LogP contribution in [0.2, 0.25) is 0 Å². The highest BCUT2D eigenvalue weighted by atomic mass is 32.2. The van der Waals surface area contributed by atoms with Crippen LogP contribution in [0.5, 0.6) is 0 Å². The van der Waals surface area contributed by atoms with Gasteiger partial charge in [0, 0.05) is 42.3 Å². The summed E-state index contributed by atoms with van der Waals surface area (Å²) in [5.74, 6) is -0.0516. The molecule has 0 saturated carbocycles. The van der Waals surface area contributed by atoms with E-state index in [-0.39, 0.29) is 17.3 Å². The molecule has 0 amide bonds. The Morgan fingerprint density at radius 2 is 1.59 bits per heavy atom. The van der Waals surface area contributed by atoms with Gasteiger partial charge >= 0.3 is 0 Å². The number of nitrogen functional groups attached to an aromatic ring is 1. The fourth-order valence-electron chi connectivity index (χ4n) is 3.79. The molecule has 168 valence electrons. The van der Waals surface area contributed by atoms with Crippen LogP contribution in [0.1, 0.15) is 5.56 Å². The molecule has 8 heteroatoms. The number of benzene rings is 2. The first-order valence-corrected chi connectivity index (χ1v) is 12.1. The van der Waals surface area contributed by atoms with Crippen molar-refractivity contribution in [2.75, 3.05) is 5.73 Å². The van der Waals surface area contributed by atoms with E-state index in [0.29, 0.717) is 5.56 Å². The van der Waals surface area contributed by atoms with Gasteiger partial charge in [0.1, 0.15) is 10.7 Å². The second kappa shape index (κ2) is 9.01. The monoisotopic (exact) mass is 467 g/mol. The molecule has 0 atom stereocenters. The number of anilines is 1. The van der Waals surface area contributed by atoms with Crippen molar-refractivity contribution in [3.63, 3.8) is 0 Å². The van der Waals surface area contributed by atoms with Gasteiger partial charge in [0.2, 0.25) is 10.0 Å². The predicted octanol–water partition coefficient (Wildman–Crippen LogP) is 4.42. The van der Waals surface area contributed by atoms with Gasteiger partial charge < -0.3 is 5.73 Å². The first-order chi connectivity index (χ1) is 16.5. The third kappa shape index (κ3) is 4.36. The van der Waals surface area contributed by atoms with E-state index in [2.05, 4.69) is 19.7 Å². The molecule has 3 aromatic heterocycles. The maximum Gasteiger partial charge on any atom is 0.244 e. The van der Waals surface area contributed by atoms with Crippen molar-refractivity contribution < 1.29 is 8.42 Å². The number of aromatic nitrogens is 3. The van der Waals surface area contributed by atoms with E-state index < -0.39 is 10.0 Å². The number of hydrogen-bond acceptors (Lipinski definition) is 6. The number of pyridine rings is 3. The minimum Gasteiger partial charge on any atom is -0.383 e. The molecule has 0 aliphatic rings. The molecule has 5 rings (SSSR count). The maximum atomic E-state index is 13.0. The van der Waals surface area contributed by atoms with E-state index in [1.807, 2.05) is 66.7 Å². The van der Waals surface area contributed by atoms with Crippen molar-refractivity contribution in [3.05, 3.63) is 103 Å². The molecule has 0 unspecified atom stereocenters. The van der Waals surface area contributed by atoms with Crippen molar-refractivity contribution in [3.8, 4) is 22.3 Å². The summed E-state index contributed by atoms with van der Waals surface area (Å²) in [6.07, 6.45) is 6.84. The third-order valence-corrected chi connectivity index (χ3v) is 6.98. The van der Waals surface area contributed by atoms with Crippen LogP contribution in [0.3, 0.4) is 0 Å². The molecule has 0 aliphatic heterocycles. The summed E-state index contributed by atoms with van der Waals surface area (Å²) in [6, 6.07) is 22.5. The van der Waals surface area contributed by atoms with Gasteiger partial charge in [-0.25, -0.2) is 18.1 Å². The van der Waals surface area contributed by atoms with Crippen LogP contribution in [-0.2, 0) is 16.6 Å². The average Bonchev–Trinajstić information content (AvgIpc) is 2.88. The van der Waals surface area contributed by atoms with E-state index in [1.54, 1.807) is 30.9 Å². The summed E-state index contributed by atoms with van der Waals surface area (Å²) >= 11 is 0. The Labute approximate surface area is 197 Å². The average molecular weight is 468 g/mol. The van der Waals surface area contributed by atoms with E-state index in [4.69, 9.17) is 5.73 Å². The van der Waals surface area contributed by atoms with Crippen LogP contribution >= 0.6 is 0 Å². The summed E-state index contributed by atoms with van der Waals surface area (Å²) in [5.41, 5.74) is 11.1. The van der Waals surface area contributed by atoms with Gasteiger partial charge in [-0.05, 0) is 58.7 Å². The van der Waals surface area contributed by atoms with Crippen molar-refractivity contribution in [2.45, 2.75) is 11.4 Å². The number of nitrogens with zero attached hydrogens (tertiary/aromatic N) is 3. The Morgan fingerprint density at radius 1 is 0.794 bits per heavy atom. The van der Waals surface area contributed by atoms with Crippen LogP contribution in [-0.4, -0.2) is 23.4 Å². The zero-order valence-corrected chi connectivity index (χ0v) is 18.9. The summed E-state index contributed by atoms with van der Waals surface area (Å²) < 4.78 is 28.6. The molecule has 2 aromatic carbocycles. The largest absolute Gasteiger partial charge is 0.383 e. The second-order valence-electron chi connectivity index (χ2n) is 7.74. The first-order valence-electron chi connectivity index (χ1n) is 10.6. The Hall–Kier alpha value is -4.14. The fraction of sp³-hybridized carbons (Fsp3) is 0.0385. The van der Waals surface area contributed by atoms with Crippen molar-refractivity contribution in [2.24, 2.45) is 0 Å². The first kappa shape index (κ1) is 21.7. The van der Waals surface area contributed by atoms with E-state index in [9.17, 15) is 8.42 Å². The van der Waals surface area contributed by atoms with Crippen LogP contribution in [0.4, 0.5) is 5.82 Å². The van der Waals surface area contributed by atoms with Gasteiger partial charge in [-0.2, -0.15) is 0 Å². The lowest BCUT2D eigenvalue weighted by molar-refractivity contribution is 0.581. The maximum absolute atomic E-state index is 13.0. The highest BCUT2D eigenvalue weighted by Gasteiger charge is 2.20. The molecule has 0 spiro atoms. The Kier molecular flexibility index (Phi) is 5.75. The molecule has 0 fully saturated rings. The summed E-state index contributed by atoms with van der Waals surface area (Å²) in [7, 11) is -3.87. The Bertz CT molecular complexity index is 1570. The lowest BCUT2D eigenvalue weighted by Gasteiger charge is -2.12. The SMILES string of the molecule is Nc1ncc(-c2ccc3nccc(-c4ccncc4)c3c2)cc1S(=O)(=O)NCc1ccccc1. The zero-order chi connectivity index (χ0) is 23.5. The summed E-state index contributed by atoms with van der Waals surface area (Å²) in [6.45, 7) is 0.157. The van der Waals surface area contributed by atoms with Crippen molar-refractivity contribution >= 4 is 26.7 Å². The number of rotatable bonds is 6. The number of sulfonamides is 1. The lowest BCUT2D eigenvalue weighted by Crippen LogP contribution is -2.24. The molecule has 0 saturated heterocycles. The van der Waals surface area contributed by atoms with E-state index >= 15 is 0 Å². The molecule has 0 bridgehead atoms. The normalized spacial score (nSPS) is 11.5. The van der Waals surface area contributed by atoms with Crippen LogP contribution < -0.4 is 10.5 Å².